The van der Waals surface area contributed by atoms with Crippen molar-refractivity contribution in [1.29, 1.82) is 0 Å². The van der Waals surface area contributed by atoms with Crippen LogP contribution in [0.25, 0.3) is 0 Å². The average Bonchev–Trinajstić information content (AvgIpc) is 3.52. The van der Waals surface area contributed by atoms with Gasteiger partial charge in [-0.3, -0.25) is 19.2 Å². The summed E-state index contributed by atoms with van der Waals surface area (Å²) in [5.74, 6) is -1.29. The number of H-pyrrole nitrogens is 4. The Labute approximate surface area is 277 Å². The largest absolute Gasteiger partial charge is 0.355 e. The first kappa shape index (κ1) is 33.6. The van der Waals surface area contributed by atoms with E-state index in [0.29, 0.717) is 48.1 Å². The molecule has 1 aliphatic heterocycles. The van der Waals surface area contributed by atoms with Crippen molar-refractivity contribution >= 4 is 52.4 Å². The highest BCUT2D eigenvalue weighted by Crippen LogP contribution is 2.24. The Bertz CT molecular complexity index is 1810. The summed E-state index contributed by atoms with van der Waals surface area (Å²) in [6, 6.07) is 6.08. The first-order valence-corrected chi connectivity index (χ1v) is 15.4. The van der Waals surface area contributed by atoms with E-state index in [2.05, 4.69) is 30.2 Å². The van der Waals surface area contributed by atoms with Crippen molar-refractivity contribution in [3.8, 4) is 0 Å². The minimum absolute atomic E-state index is 0.169. The lowest BCUT2D eigenvalue weighted by Crippen LogP contribution is -2.30. The second kappa shape index (κ2) is 13.9. The average molecular weight is 660 g/mol. The maximum atomic E-state index is 13.3. The molecule has 5 N–H and O–H groups in total. The van der Waals surface area contributed by atoms with Gasteiger partial charge < -0.3 is 54.7 Å². The van der Waals surface area contributed by atoms with Gasteiger partial charge in [-0.05, 0) is 51.3 Å². The molecule has 254 valence electrons. The number of rotatable bonds is 12. The van der Waals surface area contributed by atoms with Gasteiger partial charge in [0, 0.05) is 72.6 Å². The van der Waals surface area contributed by atoms with Crippen molar-refractivity contribution in [1.82, 2.24) is 34.6 Å². The van der Waals surface area contributed by atoms with Gasteiger partial charge in [0.25, 0.3) is 23.6 Å². The number of hydrogen-bond acceptors (Lipinski definition) is 6. The maximum absolute atomic E-state index is 13.3. The van der Waals surface area contributed by atoms with Crippen molar-refractivity contribution in [2.75, 3.05) is 88.5 Å². The van der Waals surface area contributed by atoms with E-state index in [1.165, 1.54) is 14.7 Å². The molecule has 0 unspecified atom stereocenters. The molecular weight excluding hydrogens is 618 g/mol. The van der Waals surface area contributed by atoms with Crippen molar-refractivity contribution < 1.29 is 24.0 Å². The smallest absolute Gasteiger partial charge is 0.322 e. The molecule has 5 rings (SSSR count). The fraction of sp³-hybridized carbons (Fsp3) is 0.344. The normalized spacial score (nSPS) is 12.2. The van der Waals surface area contributed by atoms with Crippen molar-refractivity contribution in [2.24, 2.45) is 0 Å². The number of nitrogens with zero attached hydrogens (tertiary/aromatic N) is 6. The Morgan fingerprint density at radius 1 is 0.604 bits per heavy atom. The highest BCUT2D eigenvalue weighted by atomic mass is 16.2. The lowest BCUT2D eigenvalue weighted by atomic mass is 10.3. The summed E-state index contributed by atoms with van der Waals surface area (Å²) in [5, 5.41) is 2.73. The van der Waals surface area contributed by atoms with E-state index in [1.807, 2.05) is 14.1 Å². The van der Waals surface area contributed by atoms with Gasteiger partial charge in [0.05, 0.1) is 22.7 Å². The standard InChI is InChI=1S/C32H41N11O5/c1-38(2)8-7-9-39(3)28(44)25-13-21(17-34-25)41(5)30(46)27-15-23(19-36-27)42(6)31(47)26-14-22(18-35-26)40(4)29(45)24-12-20(16-33-24)37-32(48)43-10-11-43/h12-19,33-36H,7-11H2,1-6H3,(H,37,48). The second-order valence-electron chi connectivity index (χ2n) is 12.0. The number of carbonyl (C=O) groups is 5. The minimum atomic E-state index is -0.392. The predicted molar refractivity (Wildman–Crippen MR) is 182 cm³/mol. The number of nitrogens with one attached hydrogen (secondary N) is 5. The zero-order valence-electron chi connectivity index (χ0n) is 27.9. The van der Waals surface area contributed by atoms with Crippen LogP contribution in [0.3, 0.4) is 0 Å². The van der Waals surface area contributed by atoms with Gasteiger partial charge in [-0.25, -0.2) is 4.79 Å². The predicted octanol–water partition coefficient (Wildman–Crippen LogP) is 2.70. The second-order valence-corrected chi connectivity index (χ2v) is 12.0. The van der Waals surface area contributed by atoms with Gasteiger partial charge >= 0.3 is 6.03 Å². The summed E-state index contributed by atoms with van der Waals surface area (Å²) in [6.45, 7) is 2.90. The van der Waals surface area contributed by atoms with Crippen LogP contribution in [0, 0.1) is 0 Å². The van der Waals surface area contributed by atoms with Crippen LogP contribution in [0.15, 0.2) is 49.1 Å². The molecule has 48 heavy (non-hydrogen) atoms. The monoisotopic (exact) mass is 659 g/mol. The molecule has 0 spiro atoms. The van der Waals surface area contributed by atoms with Crippen LogP contribution < -0.4 is 20.0 Å². The number of aromatic nitrogens is 4. The molecule has 0 aromatic carbocycles. The molecule has 1 aliphatic rings. The third kappa shape index (κ3) is 7.44. The summed E-state index contributed by atoms with van der Waals surface area (Å²) in [4.78, 5) is 85.7. The molecule has 0 radical (unpaired) electrons. The van der Waals surface area contributed by atoms with Crippen LogP contribution in [0.4, 0.5) is 27.5 Å². The van der Waals surface area contributed by atoms with Gasteiger partial charge in [0.2, 0.25) is 0 Å². The van der Waals surface area contributed by atoms with E-state index in [4.69, 9.17) is 0 Å². The van der Waals surface area contributed by atoms with Gasteiger partial charge in [0.1, 0.15) is 22.8 Å². The SMILES string of the molecule is CN(C)CCCN(C)C(=O)c1cc(N(C)C(=O)c2cc(N(C)C(=O)c3cc(N(C)C(=O)c4cc(NC(=O)N5CC5)c[nH]4)c[nH]3)c[nH]2)c[nH]1. The Hall–Kier alpha value is -5.77. The molecule has 4 aromatic rings. The van der Waals surface area contributed by atoms with Crippen LogP contribution in [0.2, 0.25) is 0 Å². The molecule has 5 heterocycles. The zero-order chi connectivity index (χ0) is 34.7. The summed E-state index contributed by atoms with van der Waals surface area (Å²) < 4.78 is 0. The summed E-state index contributed by atoms with van der Waals surface area (Å²) in [6.07, 6.45) is 7.08. The van der Waals surface area contributed by atoms with E-state index < -0.39 is 5.91 Å². The highest BCUT2D eigenvalue weighted by Gasteiger charge is 2.26. The van der Waals surface area contributed by atoms with Crippen molar-refractivity contribution in [2.45, 2.75) is 6.42 Å². The van der Waals surface area contributed by atoms with Crippen LogP contribution >= 0.6 is 0 Å². The molecule has 0 bridgehead atoms. The number of aromatic amines is 4. The third-order valence-electron chi connectivity index (χ3n) is 8.12. The molecule has 1 saturated heterocycles. The molecule has 0 aliphatic carbocycles. The van der Waals surface area contributed by atoms with Crippen LogP contribution in [0.5, 0.6) is 0 Å². The van der Waals surface area contributed by atoms with E-state index in [-0.39, 0.29) is 40.8 Å². The van der Waals surface area contributed by atoms with Crippen LogP contribution in [-0.4, -0.2) is 133 Å². The zero-order valence-corrected chi connectivity index (χ0v) is 27.9. The summed E-state index contributed by atoms with van der Waals surface area (Å²) in [5.41, 5.74) is 3.02. The molecule has 0 atom stereocenters. The maximum Gasteiger partial charge on any atom is 0.322 e. The van der Waals surface area contributed by atoms with E-state index in [9.17, 15) is 24.0 Å². The van der Waals surface area contributed by atoms with Crippen LogP contribution in [-0.2, 0) is 0 Å². The van der Waals surface area contributed by atoms with Gasteiger partial charge in [-0.15, -0.1) is 0 Å². The van der Waals surface area contributed by atoms with Gasteiger partial charge in [-0.1, -0.05) is 0 Å². The molecular formula is C32H41N11O5. The summed E-state index contributed by atoms with van der Waals surface area (Å²) in [7, 11) is 10.5. The molecule has 6 amide bonds. The first-order chi connectivity index (χ1) is 22.8. The fourth-order valence-corrected chi connectivity index (χ4v) is 4.97. The minimum Gasteiger partial charge on any atom is -0.355 e. The number of urea groups is 1. The Kier molecular flexibility index (Phi) is 9.74. The number of anilines is 4. The number of hydrogen-bond donors (Lipinski definition) is 5. The quantitative estimate of drug-likeness (QED) is 0.146. The van der Waals surface area contributed by atoms with E-state index in [1.54, 1.807) is 87.0 Å². The first-order valence-electron chi connectivity index (χ1n) is 15.4. The Morgan fingerprint density at radius 2 is 1.02 bits per heavy atom. The Balaban J connectivity index is 1.18. The number of carbonyl (C=O) groups excluding carboxylic acids is 5. The lowest BCUT2D eigenvalue weighted by molar-refractivity contribution is 0.0784. The van der Waals surface area contributed by atoms with E-state index >= 15 is 0 Å². The number of amides is 6. The fourth-order valence-electron chi connectivity index (χ4n) is 4.97. The molecule has 16 heteroatoms. The van der Waals surface area contributed by atoms with Crippen LogP contribution in [0.1, 0.15) is 48.4 Å². The molecule has 0 saturated carbocycles. The highest BCUT2D eigenvalue weighted by molar-refractivity contribution is 6.10. The lowest BCUT2D eigenvalue weighted by Gasteiger charge is -2.18. The summed E-state index contributed by atoms with van der Waals surface area (Å²) >= 11 is 0. The molecule has 1 fully saturated rings. The van der Waals surface area contributed by atoms with Crippen molar-refractivity contribution in [3.05, 3.63) is 71.8 Å². The third-order valence-corrected chi connectivity index (χ3v) is 8.12. The molecule has 4 aromatic heterocycles. The molecule has 16 nitrogen and oxygen atoms in total. The topological polar surface area (TPSA) is 180 Å². The Morgan fingerprint density at radius 3 is 1.46 bits per heavy atom. The van der Waals surface area contributed by atoms with Crippen molar-refractivity contribution in [3.63, 3.8) is 0 Å². The van der Waals surface area contributed by atoms with Gasteiger partial charge in [0.15, 0.2) is 0 Å². The van der Waals surface area contributed by atoms with Gasteiger partial charge in [-0.2, -0.15) is 0 Å². The van der Waals surface area contributed by atoms with E-state index in [0.717, 1.165) is 13.0 Å².